The van der Waals surface area contributed by atoms with Crippen molar-refractivity contribution in [3.63, 3.8) is 0 Å². The predicted molar refractivity (Wildman–Crippen MR) is 215 cm³/mol. The second-order valence-corrected chi connectivity index (χ2v) is 17.7. The van der Waals surface area contributed by atoms with E-state index in [0.29, 0.717) is 62.6 Å². The van der Waals surface area contributed by atoms with Crippen molar-refractivity contribution in [2.24, 2.45) is 0 Å². The van der Waals surface area contributed by atoms with Crippen LogP contribution in [0, 0.1) is 0 Å². The summed E-state index contributed by atoms with van der Waals surface area (Å²) in [6, 6.07) is -1.41. The lowest BCUT2D eigenvalue weighted by molar-refractivity contribution is -0.140. The lowest BCUT2D eigenvalue weighted by atomic mass is 10.0. The van der Waals surface area contributed by atoms with Crippen molar-refractivity contribution >= 4 is 102 Å². The van der Waals surface area contributed by atoms with Gasteiger partial charge in [-0.15, -0.1) is 21.0 Å². The number of unbranched alkanes of at least 4 members (excludes halogenated alkanes) is 1. The second-order valence-electron chi connectivity index (χ2n) is 12.9. The normalized spacial score (nSPS) is 17.9. The van der Waals surface area contributed by atoms with Crippen LogP contribution in [-0.4, -0.2) is 142 Å². The molecule has 2 saturated heterocycles. The summed E-state index contributed by atoms with van der Waals surface area (Å²) in [6.07, 6.45) is 2.25. The highest BCUT2D eigenvalue weighted by Gasteiger charge is 2.39. The van der Waals surface area contributed by atoms with Gasteiger partial charge in [0.1, 0.15) is 6.04 Å². The van der Waals surface area contributed by atoms with E-state index in [1.54, 1.807) is 6.92 Å². The number of likely N-dealkylation sites (tertiary alicyclic amines) is 2. The van der Waals surface area contributed by atoms with E-state index in [9.17, 15) is 47.9 Å². The smallest absolute Gasteiger partial charge is 0.243 e. The molecule has 21 heteroatoms. The SMILES string of the molecule is CCC(NC(C)=O)C(=O)NC(CCCCNC(=O)CCSC1CC(=O)N(CCC(=O)NCCSSCCNC(=O)CCN2C(=O)CC(P)C2=O)C1=O)C(C)=O. The van der Waals surface area contributed by atoms with Crippen molar-refractivity contribution in [3.05, 3.63) is 0 Å². The van der Waals surface area contributed by atoms with Crippen molar-refractivity contribution in [2.45, 2.75) is 102 Å². The Hall–Kier alpha value is -3.22. The Balaban J connectivity index is 1.51. The summed E-state index contributed by atoms with van der Waals surface area (Å²) in [6.45, 7) is 5.68. The van der Waals surface area contributed by atoms with Crippen LogP contribution in [0.3, 0.4) is 0 Å². The molecule has 0 aromatic rings. The van der Waals surface area contributed by atoms with Gasteiger partial charge < -0.3 is 26.6 Å². The number of nitrogens with zero attached hydrogens (tertiary/aromatic N) is 2. The number of ketones is 1. The molecule has 2 heterocycles. The monoisotopic (exact) mass is 847 g/mol. The molecule has 0 aromatic carbocycles. The third-order valence-electron chi connectivity index (χ3n) is 8.50. The summed E-state index contributed by atoms with van der Waals surface area (Å²) >= 11 is 1.23. The van der Waals surface area contributed by atoms with Crippen LogP contribution in [0.15, 0.2) is 0 Å². The molecule has 0 radical (unpaired) electrons. The van der Waals surface area contributed by atoms with Gasteiger partial charge in [-0.3, -0.25) is 57.7 Å². The molecule has 0 spiro atoms. The molecule has 5 unspecified atom stereocenters. The third-order valence-corrected chi connectivity index (χ3v) is 12.6. The van der Waals surface area contributed by atoms with Gasteiger partial charge in [0.05, 0.1) is 17.0 Å². The minimum Gasteiger partial charge on any atom is -0.356 e. The molecule has 2 aliphatic heterocycles. The zero-order chi connectivity index (χ0) is 40.9. The molecule has 0 aliphatic carbocycles. The highest BCUT2D eigenvalue weighted by atomic mass is 33.1. The van der Waals surface area contributed by atoms with Gasteiger partial charge in [-0.05, 0) is 32.6 Å². The van der Waals surface area contributed by atoms with Crippen LogP contribution in [0.25, 0.3) is 0 Å². The summed E-state index contributed by atoms with van der Waals surface area (Å²) in [5.74, 6) is -1.40. The number of carbonyl (C=O) groups excluding carboxylic acids is 10. The van der Waals surface area contributed by atoms with Gasteiger partial charge in [-0.25, -0.2) is 0 Å². The predicted octanol–water partition coefficient (Wildman–Crippen LogP) is -0.0912. The van der Waals surface area contributed by atoms with E-state index < -0.39 is 28.9 Å². The lowest BCUT2D eigenvalue weighted by Crippen LogP contribution is -2.50. The molecule has 55 heavy (non-hydrogen) atoms. The Labute approximate surface area is 336 Å². The Morgan fingerprint density at radius 1 is 0.709 bits per heavy atom. The van der Waals surface area contributed by atoms with Gasteiger partial charge in [-0.2, -0.15) is 0 Å². The zero-order valence-corrected chi connectivity index (χ0v) is 35.2. The van der Waals surface area contributed by atoms with Crippen LogP contribution in [0.5, 0.6) is 0 Å². The molecule has 5 atom stereocenters. The van der Waals surface area contributed by atoms with Gasteiger partial charge in [0.15, 0.2) is 5.78 Å². The quantitative estimate of drug-likeness (QED) is 0.0315. The first-order valence-corrected chi connectivity index (χ1v) is 22.5. The van der Waals surface area contributed by atoms with Crippen molar-refractivity contribution < 1.29 is 47.9 Å². The summed E-state index contributed by atoms with van der Waals surface area (Å²) in [5.41, 5.74) is -0.416. The molecular formula is C34H54N7O10PS3. The van der Waals surface area contributed by atoms with Gasteiger partial charge in [0.2, 0.25) is 53.2 Å². The number of hydrogen-bond acceptors (Lipinski definition) is 13. The van der Waals surface area contributed by atoms with Crippen molar-refractivity contribution in [1.82, 2.24) is 36.4 Å². The standard InChI is InChI=1S/C34H54N7O10PS3/c1-4-23(38-22(3)43)32(49)39-24(21(2)42)7-5-6-11-35-29(46)10-16-53-26-20-31(48)41(34(26)51)15-9-28(45)37-13-18-55-54-17-12-36-27(44)8-14-40-30(47)19-25(52)33(40)50/h23-26H,4-20,52H2,1-3H3,(H,35,46)(H,36,44)(H,37,45)(H,38,43)(H,39,49). The van der Waals surface area contributed by atoms with Crippen molar-refractivity contribution in [2.75, 3.05) is 50.0 Å². The largest absolute Gasteiger partial charge is 0.356 e. The Morgan fingerprint density at radius 3 is 1.78 bits per heavy atom. The van der Waals surface area contributed by atoms with Crippen LogP contribution < -0.4 is 26.6 Å². The van der Waals surface area contributed by atoms with E-state index >= 15 is 0 Å². The number of carbonyl (C=O) groups is 10. The zero-order valence-electron chi connectivity index (χ0n) is 31.6. The maximum absolute atomic E-state index is 12.8. The van der Waals surface area contributed by atoms with Crippen LogP contribution in [0.4, 0.5) is 0 Å². The Kier molecular flexibility index (Phi) is 22.5. The Bertz CT molecular complexity index is 1420. The summed E-state index contributed by atoms with van der Waals surface area (Å²) in [4.78, 5) is 124. The van der Waals surface area contributed by atoms with Crippen LogP contribution in [-0.2, 0) is 47.9 Å². The number of imide groups is 2. The second kappa shape index (κ2) is 25.8. The average Bonchev–Trinajstić information content (AvgIpc) is 3.54. The fourth-order valence-corrected chi connectivity index (χ4v) is 8.79. The van der Waals surface area contributed by atoms with Crippen molar-refractivity contribution in [3.8, 4) is 0 Å². The molecule has 0 saturated carbocycles. The third kappa shape index (κ3) is 18.1. The van der Waals surface area contributed by atoms with Crippen LogP contribution in [0.2, 0.25) is 0 Å². The van der Waals surface area contributed by atoms with E-state index in [1.165, 1.54) is 47.2 Å². The fourth-order valence-electron chi connectivity index (χ4n) is 5.48. The van der Waals surface area contributed by atoms with Gasteiger partial charge in [0.25, 0.3) is 0 Å². The molecule has 2 rings (SSSR count). The first kappa shape index (κ1) is 47.9. The van der Waals surface area contributed by atoms with E-state index in [0.717, 1.165) is 9.80 Å². The van der Waals surface area contributed by atoms with E-state index in [2.05, 4.69) is 35.8 Å². The molecular weight excluding hydrogens is 794 g/mol. The highest BCUT2D eigenvalue weighted by Crippen LogP contribution is 2.26. The molecule has 9 amide bonds. The number of rotatable bonds is 27. The molecule has 5 N–H and O–H groups in total. The fraction of sp³-hybridized carbons (Fsp3) is 0.706. The van der Waals surface area contributed by atoms with Gasteiger partial charge >= 0.3 is 0 Å². The Morgan fingerprint density at radius 2 is 1.25 bits per heavy atom. The summed E-state index contributed by atoms with van der Waals surface area (Å²) < 4.78 is 0. The lowest BCUT2D eigenvalue weighted by Gasteiger charge is -2.21. The number of nitrogens with one attached hydrogen (secondary N) is 5. The summed E-state index contributed by atoms with van der Waals surface area (Å²) in [5, 5.41) is 12.9. The number of thioether (sulfide) groups is 1. The molecule has 2 fully saturated rings. The number of Topliss-reactive ketones (excluding diaryl/α,β-unsaturated/α-hetero) is 1. The summed E-state index contributed by atoms with van der Waals surface area (Å²) in [7, 11) is 5.37. The van der Waals surface area contributed by atoms with Crippen LogP contribution in [0.1, 0.15) is 78.6 Å². The van der Waals surface area contributed by atoms with Gasteiger partial charge in [0, 0.05) is 89.0 Å². The molecule has 0 aromatic heterocycles. The first-order chi connectivity index (χ1) is 26.1. The van der Waals surface area contributed by atoms with E-state index in [-0.39, 0.29) is 98.2 Å². The maximum Gasteiger partial charge on any atom is 0.243 e. The number of amides is 9. The minimum atomic E-state index is -0.718. The highest BCUT2D eigenvalue weighted by molar-refractivity contribution is 8.76. The van der Waals surface area contributed by atoms with Crippen molar-refractivity contribution in [1.29, 1.82) is 0 Å². The maximum atomic E-state index is 12.8. The first-order valence-electron chi connectivity index (χ1n) is 18.3. The molecule has 0 bridgehead atoms. The number of hydrogen-bond donors (Lipinski definition) is 5. The average molecular weight is 848 g/mol. The minimum absolute atomic E-state index is 0.00896. The molecule has 308 valence electrons. The van der Waals surface area contributed by atoms with Gasteiger partial charge in [-0.1, -0.05) is 28.5 Å². The molecule has 17 nitrogen and oxygen atoms in total. The topological polar surface area (TPSA) is 237 Å². The van der Waals surface area contributed by atoms with E-state index in [4.69, 9.17) is 0 Å². The van der Waals surface area contributed by atoms with E-state index in [1.807, 2.05) is 0 Å². The molecule has 2 aliphatic rings. The van der Waals surface area contributed by atoms with Crippen LogP contribution >= 0.6 is 42.6 Å².